The molecule has 4 rings (SSSR count). The monoisotopic (exact) mass is 339 g/mol. The summed E-state index contributed by atoms with van der Waals surface area (Å²) in [4.78, 5) is 12.2. The van der Waals surface area contributed by atoms with Crippen molar-refractivity contribution < 1.29 is 19.4 Å². The number of ether oxygens (including phenoxy) is 2. The van der Waals surface area contributed by atoms with Crippen molar-refractivity contribution in [3.05, 3.63) is 59.7 Å². The van der Waals surface area contributed by atoms with Crippen molar-refractivity contribution >= 4 is 6.09 Å². The zero-order valence-corrected chi connectivity index (χ0v) is 13.9. The van der Waals surface area contributed by atoms with Gasteiger partial charge in [-0.3, -0.25) is 0 Å². The fourth-order valence-electron chi connectivity index (χ4n) is 3.68. The van der Waals surface area contributed by atoms with Crippen molar-refractivity contribution in [2.24, 2.45) is 0 Å². The third kappa shape index (κ3) is 3.13. The van der Waals surface area contributed by atoms with Gasteiger partial charge in [0.05, 0.1) is 18.8 Å². The molecule has 25 heavy (non-hydrogen) atoms. The second-order valence-corrected chi connectivity index (χ2v) is 6.51. The molecule has 5 heteroatoms. The number of benzene rings is 2. The van der Waals surface area contributed by atoms with E-state index in [0.29, 0.717) is 13.0 Å². The molecular formula is C20H21NO4. The van der Waals surface area contributed by atoms with E-state index < -0.39 is 12.2 Å². The Hall–Kier alpha value is -2.37. The first-order chi connectivity index (χ1) is 12.2. The van der Waals surface area contributed by atoms with Gasteiger partial charge >= 0.3 is 6.09 Å². The molecule has 0 saturated carbocycles. The molecule has 2 N–H and O–H groups in total. The molecule has 1 saturated heterocycles. The second-order valence-electron chi connectivity index (χ2n) is 6.51. The lowest BCUT2D eigenvalue weighted by molar-refractivity contribution is -0.0273. The molecular weight excluding hydrogens is 318 g/mol. The van der Waals surface area contributed by atoms with Gasteiger partial charge in [-0.15, -0.1) is 0 Å². The largest absolute Gasteiger partial charge is 0.449 e. The van der Waals surface area contributed by atoms with E-state index in [4.69, 9.17) is 9.47 Å². The standard InChI is InChI=1S/C20H21NO4/c22-19-12-24-10-9-18(19)21-20(23)25-11-17-15-7-3-1-5-13(15)14-6-2-4-8-16(14)17/h1-8,17-19,22H,9-12H2,(H,21,23)/t18-,19-/m1/s1. The minimum atomic E-state index is -0.686. The molecule has 2 atom stereocenters. The molecule has 130 valence electrons. The van der Waals surface area contributed by atoms with Crippen molar-refractivity contribution in [1.82, 2.24) is 5.32 Å². The van der Waals surface area contributed by atoms with Gasteiger partial charge in [0.2, 0.25) is 0 Å². The highest BCUT2D eigenvalue weighted by Crippen LogP contribution is 2.44. The molecule has 2 aromatic rings. The molecule has 0 unspecified atom stereocenters. The van der Waals surface area contributed by atoms with Crippen LogP contribution in [-0.2, 0) is 9.47 Å². The van der Waals surface area contributed by atoms with Gasteiger partial charge < -0.3 is 19.9 Å². The maximum absolute atomic E-state index is 12.2. The Kier molecular flexibility index (Phi) is 4.42. The fraction of sp³-hybridized carbons (Fsp3) is 0.350. The normalized spacial score (nSPS) is 22.1. The number of nitrogens with one attached hydrogen (secondary N) is 1. The zero-order chi connectivity index (χ0) is 17.2. The number of hydrogen-bond donors (Lipinski definition) is 2. The maximum atomic E-state index is 12.2. The van der Waals surface area contributed by atoms with Crippen LogP contribution in [0.5, 0.6) is 0 Å². The number of aliphatic hydroxyl groups is 1. The van der Waals surface area contributed by atoms with Gasteiger partial charge in [0.25, 0.3) is 0 Å². The lowest BCUT2D eigenvalue weighted by Crippen LogP contribution is -2.49. The van der Waals surface area contributed by atoms with Gasteiger partial charge in [-0.25, -0.2) is 4.79 Å². The molecule has 1 aliphatic heterocycles. The van der Waals surface area contributed by atoms with Crippen molar-refractivity contribution in [3.63, 3.8) is 0 Å². The highest BCUT2D eigenvalue weighted by Gasteiger charge is 2.30. The molecule has 0 spiro atoms. The summed E-state index contributed by atoms with van der Waals surface area (Å²) >= 11 is 0. The van der Waals surface area contributed by atoms with E-state index in [-0.39, 0.29) is 25.2 Å². The molecule has 0 aromatic heterocycles. The summed E-state index contributed by atoms with van der Waals surface area (Å²) in [6, 6.07) is 16.1. The summed E-state index contributed by atoms with van der Waals surface area (Å²) in [5.74, 6) is 0.0396. The summed E-state index contributed by atoms with van der Waals surface area (Å²) < 4.78 is 10.7. The summed E-state index contributed by atoms with van der Waals surface area (Å²) in [5.41, 5.74) is 4.77. The molecule has 1 heterocycles. The van der Waals surface area contributed by atoms with Gasteiger partial charge in [0, 0.05) is 12.5 Å². The Bertz CT molecular complexity index is 730. The van der Waals surface area contributed by atoms with Crippen LogP contribution in [0.15, 0.2) is 48.5 Å². The summed E-state index contributed by atoms with van der Waals surface area (Å²) in [6.07, 6.45) is -0.590. The van der Waals surface area contributed by atoms with E-state index >= 15 is 0 Å². The SMILES string of the molecule is O=C(N[C@@H]1CCOC[C@H]1O)OCC1c2ccccc2-c2ccccc21. The van der Waals surface area contributed by atoms with E-state index in [1.807, 2.05) is 24.3 Å². The minimum Gasteiger partial charge on any atom is -0.449 e. The number of fused-ring (bicyclic) bond motifs is 3. The van der Waals surface area contributed by atoms with Gasteiger partial charge in [0.1, 0.15) is 6.61 Å². The molecule has 5 nitrogen and oxygen atoms in total. The molecule has 1 aliphatic carbocycles. The zero-order valence-electron chi connectivity index (χ0n) is 13.9. The molecule has 1 amide bonds. The van der Waals surface area contributed by atoms with Crippen molar-refractivity contribution in [3.8, 4) is 11.1 Å². The highest BCUT2D eigenvalue weighted by molar-refractivity contribution is 5.79. The Balaban J connectivity index is 1.45. The Labute approximate surface area is 146 Å². The van der Waals surface area contributed by atoms with Crippen LogP contribution in [0.1, 0.15) is 23.5 Å². The quantitative estimate of drug-likeness (QED) is 0.902. The number of hydrogen-bond acceptors (Lipinski definition) is 4. The molecule has 2 aliphatic rings. The Morgan fingerprint density at radius 3 is 2.40 bits per heavy atom. The van der Waals surface area contributed by atoms with Crippen molar-refractivity contribution in [2.45, 2.75) is 24.5 Å². The fourth-order valence-corrected chi connectivity index (χ4v) is 3.68. The first kappa shape index (κ1) is 16.1. The lowest BCUT2D eigenvalue weighted by atomic mass is 9.98. The first-order valence-corrected chi connectivity index (χ1v) is 8.61. The van der Waals surface area contributed by atoms with Gasteiger partial charge in [0.15, 0.2) is 0 Å². The van der Waals surface area contributed by atoms with Crippen molar-refractivity contribution in [2.75, 3.05) is 19.8 Å². The highest BCUT2D eigenvalue weighted by atomic mass is 16.5. The number of alkyl carbamates (subject to hydrolysis) is 1. The second kappa shape index (κ2) is 6.86. The van der Waals surface area contributed by atoms with Crippen LogP contribution in [0.25, 0.3) is 11.1 Å². The number of amides is 1. The van der Waals surface area contributed by atoms with E-state index in [1.165, 1.54) is 22.3 Å². The molecule has 1 fully saturated rings. The number of carbonyl (C=O) groups excluding carboxylic acids is 1. The van der Waals surface area contributed by atoms with Crippen molar-refractivity contribution in [1.29, 1.82) is 0 Å². The first-order valence-electron chi connectivity index (χ1n) is 8.61. The van der Waals surface area contributed by atoms with Gasteiger partial charge in [-0.05, 0) is 28.7 Å². The number of aliphatic hydroxyl groups excluding tert-OH is 1. The predicted molar refractivity (Wildman–Crippen MR) is 93.4 cm³/mol. The van der Waals surface area contributed by atoms with Crippen LogP contribution in [0, 0.1) is 0 Å². The van der Waals surface area contributed by atoms with Gasteiger partial charge in [-0.2, -0.15) is 0 Å². The predicted octanol–water partition coefficient (Wildman–Crippen LogP) is 2.67. The average Bonchev–Trinajstić information content (AvgIpc) is 2.96. The summed E-state index contributed by atoms with van der Waals surface area (Å²) in [7, 11) is 0. The third-order valence-corrected chi connectivity index (χ3v) is 4.97. The third-order valence-electron chi connectivity index (χ3n) is 4.97. The average molecular weight is 339 g/mol. The molecule has 0 radical (unpaired) electrons. The topological polar surface area (TPSA) is 67.8 Å². The van der Waals surface area contributed by atoms with Crippen LogP contribution in [-0.4, -0.2) is 43.2 Å². The maximum Gasteiger partial charge on any atom is 0.407 e. The molecule has 2 aromatic carbocycles. The summed E-state index contributed by atoms with van der Waals surface area (Å²) in [5, 5.41) is 12.6. The molecule has 0 bridgehead atoms. The Morgan fingerprint density at radius 1 is 1.12 bits per heavy atom. The van der Waals surface area contributed by atoms with Crippen LogP contribution in [0.3, 0.4) is 0 Å². The van der Waals surface area contributed by atoms with E-state index in [1.54, 1.807) is 0 Å². The minimum absolute atomic E-state index is 0.0396. The van der Waals surface area contributed by atoms with Gasteiger partial charge in [-0.1, -0.05) is 48.5 Å². The van der Waals surface area contributed by atoms with Crippen LogP contribution in [0.2, 0.25) is 0 Å². The van der Waals surface area contributed by atoms with E-state index in [9.17, 15) is 9.90 Å². The van der Waals surface area contributed by atoms with E-state index in [0.717, 1.165) is 0 Å². The van der Waals surface area contributed by atoms with E-state index in [2.05, 4.69) is 29.6 Å². The lowest BCUT2D eigenvalue weighted by Gasteiger charge is -2.28. The number of rotatable bonds is 3. The van der Waals surface area contributed by atoms with Crippen LogP contribution < -0.4 is 5.32 Å². The Morgan fingerprint density at radius 2 is 1.76 bits per heavy atom. The smallest absolute Gasteiger partial charge is 0.407 e. The number of carbonyl (C=O) groups is 1. The summed E-state index contributed by atoms with van der Waals surface area (Å²) in [6.45, 7) is 1.05. The van der Waals surface area contributed by atoms with Crippen LogP contribution in [0.4, 0.5) is 4.79 Å². The van der Waals surface area contributed by atoms with Crippen LogP contribution >= 0.6 is 0 Å².